The van der Waals surface area contributed by atoms with E-state index in [0.29, 0.717) is 5.75 Å². The second kappa shape index (κ2) is 7.27. The fourth-order valence-corrected chi connectivity index (χ4v) is 5.43. The number of hydrogen-bond acceptors (Lipinski definition) is 8. The van der Waals surface area contributed by atoms with Crippen LogP contribution in [0.15, 0.2) is 28.6 Å². The number of rotatable bonds is 4. The summed E-state index contributed by atoms with van der Waals surface area (Å²) >= 11 is 4.72. The van der Waals surface area contributed by atoms with Gasteiger partial charge in [0.25, 0.3) is 0 Å². The Balaban J connectivity index is 1.32. The van der Waals surface area contributed by atoms with E-state index in [-0.39, 0.29) is 5.91 Å². The lowest BCUT2D eigenvalue weighted by atomic mass is 10.3. The Morgan fingerprint density at radius 1 is 1.16 bits per heavy atom. The molecule has 0 atom stereocenters. The smallest absolute Gasteiger partial charge is 0.233 e. The topological polar surface area (TPSA) is 62.2 Å². The van der Waals surface area contributed by atoms with Gasteiger partial charge in [0.2, 0.25) is 5.91 Å². The van der Waals surface area contributed by atoms with E-state index >= 15 is 0 Å². The summed E-state index contributed by atoms with van der Waals surface area (Å²) in [6.45, 7) is 5.06. The van der Waals surface area contributed by atoms with Gasteiger partial charge in [-0.2, -0.15) is 0 Å². The van der Waals surface area contributed by atoms with Crippen LogP contribution in [0.4, 0.5) is 5.13 Å². The number of piperazine rings is 1. The second-order valence-electron chi connectivity index (χ2n) is 5.71. The first-order valence-electron chi connectivity index (χ1n) is 8.00. The summed E-state index contributed by atoms with van der Waals surface area (Å²) in [4.78, 5) is 21.3. The van der Waals surface area contributed by atoms with Gasteiger partial charge in [-0.05, 0) is 19.1 Å². The molecule has 0 spiro atoms. The number of hydrogen-bond donors (Lipinski definition) is 0. The molecule has 0 aliphatic carbocycles. The number of anilines is 1. The van der Waals surface area contributed by atoms with Crippen LogP contribution >= 0.6 is 34.4 Å². The van der Waals surface area contributed by atoms with Crippen LogP contribution in [0.3, 0.4) is 0 Å². The molecule has 9 heteroatoms. The normalized spacial score (nSPS) is 15.1. The summed E-state index contributed by atoms with van der Waals surface area (Å²) in [5.74, 6) is 0.595. The Kier molecular flexibility index (Phi) is 4.87. The first-order valence-corrected chi connectivity index (χ1v) is 10.6. The third-order valence-corrected chi connectivity index (χ3v) is 7.07. The summed E-state index contributed by atoms with van der Waals surface area (Å²) in [6.07, 6.45) is 0. The molecule has 0 radical (unpaired) electrons. The predicted octanol–water partition coefficient (Wildman–Crippen LogP) is 2.90. The Hall–Kier alpha value is -1.71. The fourth-order valence-electron chi connectivity index (χ4n) is 2.69. The Bertz CT molecular complexity index is 852. The van der Waals surface area contributed by atoms with E-state index < -0.39 is 0 Å². The van der Waals surface area contributed by atoms with E-state index in [1.807, 2.05) is 30.0 Å². The number of benzene rings is 1. The number of thiazole rings is 1. The van der Waals surface area contributed by atoms with Crippen molar-refractivity contribution >= 4 is 55.7 Å². The van der Waals surface area contributed by atoms with E-state index in [9.17, 15) is 4.79 Å². The van der Waals surface area contributed by atoms with Crippen molar-refractivity contribution in [3.8, 4) is 0 Å². The molecule has 1 fully saturated rings. The van der Waals surface area contributed by atoms with E-state index in [1.165, 1.54) is 27.8 Å². The number of amides is 1. The molecule has 0 unspecified atom stereocenters. The van der Waals surface area contributed by atoms with Crippen molar-refractivity contribution < 1.29 is 4.79 Å². The van der Waals surface area contributed by atoms with Gasteiger partial charge in [0.1, 0.15) is 5.01 Å². The fraction of sp³-hybridized carbons (Fsp3) is 0.375. The minimum absolute atomic E-state index is 0.168. The SMILES string of the molecule is Cc1nnc(SCC(=O)N2CCN(c3nc4ccccc4s3)CC2)s1. The highest BCUT2D eigenvalue weighted by atomic mass is 32.2. The first-order chi connectivity index (χ1) is 12.2. The van der Waals surface area contributed by atoms with Crippen LogP contribution in [0.2, 0.25) is 0 Å². The largest absolute Gasteiger partial charge is 0.345 e. The summed E-state index contributed by atoms with van der Waals surface area (Å²) in [5.41, 5.74) is 1.05. The van der Waals surface area contributed by atoms with Gasteiger partial charge >= 0.3 is 0 Å². The minimum atomic E-state index is 0.168. The molecular formula is C16H17N5OS3. The van der Waals surface area contributed by atoms with Gasteiger partial charge in [-0.3, -0.25) is 4.79 Å². The molecule has 3 aromatic rings. The van der Waals surface area contributed by atoms with E-state index in [1.54, 1.807) is 11.3 Å². The van der Waals surface area contributed by atoms with Crippen LogP contribution in [0.25, 0.3) is 10.2 Å². The summed E-state index contributed by atoms with van der Waals surface area (Å²) in [5, 5.41) is 10.0. The van der Waals surface area contributed by atoms with Crippen LogP contribution in [0.1, 0.15) is 5.01 Å². The molecule has 1 saturated heterocycles. The number of aromatic nitrogens is 3. The molecule has 25 heavy (non-hydrogen) atoms. The highest BCUT2D eigenvalue weighted by Gasteiger charge is 2.23. The lowest BCUT2D eigenvalue weighted by Gasteiger charge is -2.34. The van der Waals surface area contributed by atoms with Crippen LogP contribution in [-0.2, 0) is 4.79 Å². The highest BCUT2D eigenvalue weighted by molar-refractivity contribution is 8.01. The lowest BCUT2D eigenvalue weighted by molar-refractivity contribution is -0.128. The zero-order valence-corrected chi connectivity index (χ0v) is 16.2. The molecule has 0 bridgehead atoms. The number of para-hydroxylation sites is 1. The van der Waals surface area contributed by atoms with Gasteiger partial charge in [-0.25, -0.2) is 4.98 Å². The molecule has 3 heterocycles. The lowest BCUT2D eigenvalue weighted by Crippen LogP contribution is -2.49. The number of carbonyl (C=O) groups is 1. The van der Waals surface area contributed by atoms with Crippen LogP contribution in [0, 0.1) is 6.92 Å². The van der Waals surface area contributed by atoms with Crippen molar-refractivity contribution in [1.82, 2.24) is 20.1 Å². The van der Waals surface area contributed by atoms with Gasteiger partial charge in [-0.1, -0.05) is 46.6 Å². The molecular weight excluding hydrogens is 374 g/mol. The van der Waals surface area contributed by atoms with Crippen LogP contribution in [-0.4, -0.2) is 57.9 Å². The Morgan fingerprint density at radius 3 is 2.68 bits per heavy atom. The van der Waals surface area contributed by atoms with Gasteiger partial charge in [0, 0.05) is 26.2 Å². The maximum atomic E-state index is 12.4. The summed E-state index contributed by atoms with van der Waals surface area (Å²) in [7, 11) is 0. The number of aryl methyl sites for hydroxylation is 1. The second-order valence-corrected chi connectivity index (χ2v) is 9.12. The Labute approximate surface area is 157 Å². The average Bonchev–Trinajstić information content (AvgIpc) is 3.25. The summed E-state index contributed by atoms with van der Waals surface area (Å²) in [6, 6.07) is 8.20. The van der Waals surface area contributed by atoms with Crippen molar-refractivity contribution in [3.05, 3.63) is 29.3 Å². The average molecular weight is 392 g/mol. The standard InChI is InChI=1S/C16H17N5OS3/c1-11-18-19-16(24-11)23-10-14(22)20-6-8-21(9-7-20)15-17-12-4-2-3-5-13(12)25-15/h2-5H,6-10H2,1H3. The third kappa shape index (κ3) is 3.78. The first kappa shape index (κ1) is 16.7. The van der Waals surface area contributed by atoms with Gasteiger partial charge in [0.15, 0.2) is 9.47 Å². The highest BCUT2D eigenvalue weighted by Crippen LogP contribution is 2.29. The van der Waals surface area contributed by atoms with E-state index in [4.69, 9.17) is 4.98 Å². The van der Waals surface area contributed by atoms with Crippen molar-refractivity contribution in [3.63, 3.8) is 0 Å². The molecule has 1 aliphatic rings. The minimum Gasteiger partial charge on any atom is -0.345 e. The molecule has 130 valence electrons. The van der Waals surface area contributed by atoms with Crippen LogP contribution in [0.5, 0.6) is 0 Å². The van der Waals surface area contributed by atoms with E-state index in [2.05, 4.69) is 21.2 Å². The monoisotopic (exact) mass is 391 g/mol. The Morgan fingerprint density at radius 2 is 1.96 bits per heavy atom. The van der Waals surface area contributed by atoms with Crippen LogP contribution < -0.4 is 4.90 Å². The molecule has 4 rings (SSSR count). The maximum absolute atomic E-state index is 12.4. The zero-order chi connectivity index (χ0) is 17.2. The third-order valence-electron chi connectivity index (χ3n) is 4.01. The molecule has 1 amide bonds. The van der Waals surface area contributed by atoms with Crippen molar-refractivity contribution in [2.75, 3.05) is 36.8 Å². The number of carbonyl (C=O) groups excluding carboxylic acids is 1. The van der Waals surface area contributed by atoms with Crippen molar-refractivity contribution in [2.45, 2.75) is 11.3 Å². The predicted molar refractivity (Wildman–Crippen MR) is 104 cm³/mol. The van der Waals surface area contributed by atoms with E-state index in [0.717, 1.165) is 46.2 Å². The van der Waals surface area contributed by atoms with Gasteiger partial charge in [0.05, 0.1) is 16.0 Å². The van der Waals surface area contributed by atoms with Crippen molar-refractivity contribution in [1.29, 1.82) is 0 Å². The molecule has 0 saturated carbocycles. The quantitative estimate of drug-likeness (QED) is 0.637. The van der Waals surface area contributed by atoms with Crippen molar-refractivity contribution in [2.24, 2.45) is 0 Å². The van der Waals surface area contributed by atoms with Gasteiger partial charge in [-0.15, -0.1) is 10.2 Å². The van der Waals surface area contributed by atoms with Gasteiger partial charge < -0.3 is 9.80 Å². The number of thioether (sulfide) groups is 1. The molecule has 0 N–H and O–H groups in total. The molecule has 1 aliphatic heterocycles. The zero-order valence-electron chi connectivity index (χ0n) is 13.7. The number of fused-ring (bicyclic) bond motifs is 1. The molecule has 6 nitrogen and oxygen atoms in total. The summed E-state index contributed by atoms with van der Waals surface area (Å²) < 4.78 is 2.07. The number of nitrogens with zero attached hydrogens (tertiary/aromatic N) is 5. The maximum Gasteiger partial charge on any atom is 0.233 e. The molecule has 1 aromatic carbocycles. The molecule has 2 aromatic heterocycles.